The molecule has 0 atom stereocenters. The van der Waals surface area contributed by atoms with Gasteiger partial charge in [0.25, 0.3) is 0 Å². The number of nitrogens with one attached hydrogen (secondary N) is 2. The highest BCUT2D eigenvalue weighted by Gasteiger charge is 2.08. The van der Waals surface area contributed by atoms with Crippen LogP contribution in [0.1, 0.15) is 11.1 Å². The second-order valence-corrected chi connectivity index (χ2v) is 5.50. The standard InChI is InChI=1S/C16H14ClFN6O/c1-10-2-4-11(5-3-10)9-25-16-19-8-12(18)15(20-16)24-23-14-7-6-13(17)21-22-14/h2-8H,9H2,1H3,(H,22,23)(H,19,20,24). The number of benzene rings is 1. The van der Waals surface area contributed by atoms with Crippen molar-refractivity contribution in [2.75, 3.05) is 10.9 Å². The second-order valence-electron chi connectivity index (χ2n) is 5.11. The molecule has 9 heteroatoms. The van der Waals surface area contributed by atoms with Crippen molar-refractivity contribution in [2.24, 2.45) is 0 Å². The lowest BCUT2D eigenvalue weighted by Gasteiger charge is -2.10. The molecule has 1 aromatic carbocycles. The second kappa shape index (κ2) is 7.71. The van der Waals surface area contributed by atoms with Crippen molar-refractivity contribution in [3.8, 4) is 6.01 Å². The third-order valence-corrected chi connectivity index (χ3v) is 3.35. The Balaban J connectivity index is 1.63. The van der Waals surface area contributed by atoms with Crippen LogP contribution in [0, 0.1) is 12.7 Å². The zero-order chi connectivity index (χ0) is 17.6. The number of aryl methyl sites for hydroxylation is 1. The van der Waals surface area contributed by atoms with Crippen molar-refractivity contribution in [1.29, 1.82) is 0 Å². The van der Waals surface area contributed by atoms with Gasteiger partial charge in [-0.25, -0.2) is 9.37 Å². The molecule has 0 fully saturated rings. The van der Waals surface area contributed by atoms with Gasteiger partial charge in [0.05, 0.1) is 6.20 Å². The van der Waals surface area contributed by atoms with Gasteiger partial charge < -0.3 is 4.74 Å². The quantitative estimate of drug-likeness (QED) is 0.652. The summed E-state index contributed by atoms with van der Waals surface area (Å²) >= 11 is 5.65. The highest BCUT2D eigenvalue weighted by Crippen LogP contribution is 2.15. The maximum Gasteiger partial charge on any atom is 0.318 e. The molecule has 3 rings (SSSR count). The van der Waals surface area contributed by atoms with Gasteiger partial charge in [0, 0.05) is 0 Å². The fourth-order valence-corrected chi connectivity index (χ4v) is 1.95. The van der Waals surface area contributed by atoms with Crippen molar-refractivity contribution in [1.82, 2.24) is 20.2 Å². The molecule has 0 unspecified atom stereocenters. The molecule has 7 nitrogen and oxygen atoms in total. The number of hydrogen-bond acceptors (Lipinski definition) is 7. The molecule has 0 saturated heterocycles. The fourth-order valence-electron chi connectivity index (χ4n) is 1.85. The van der Waals surface area contributed by atoms with Crippen LogP contribution in [0.3, 0.4) is 0 Å². The summed E-state index contributed by atoms with van der Waals surface area (Å²) in [5.74, 6) is -0.368. The number of hydrazine groups is 1. The average molecular weight is 361 g/mol. The zero-order valence-electron chi connectivity index (χ0n) is 13.2. The molecule has 3 aromatic rings. The average Bonchev–Trinajstić information content (AvgIpc) is 2.62. The summed E-state index contributed by atoms with van der Waals surface area (Å²) in [6, 6.07) is 11.0. The molecule has 2 heterocycles. The van der Waals surface area contributed by atoms with Crippen molar-refractivity contribution >= 4 is 23.2 Å². The third kappa shape index (κ3) is 4.74. The van der Waals surface area contributed by atoms with Crippen LogP contribution in [-0.2, 0) is 6.61 Å². The predicted octanol–water partition coefficient (Wildman–Crippen LogP) is 3.39. The number of halogens is 2. The summed E-state index contributed by atoms with van der Waals surface area (Å²) in [4.78, 5) is 7.80. The molecule has 0 radical (unpaired) electrons. The Hall–Kier alpha value is -3.00. The molecule has 0 aliphatic rings. The molecule has 0 saturated carbocycles. The van der Waals surface area contributed by atoms with E-state index in [1.165, 1.54) is 0 Å². The topological polar surface area (TPSA) is 84.9 Å². The van der Waals surface area contributed by atoms with E-state index < -0.39 is 5.82 Å². The summed E-state index contributed by atoms with van der Waals surface area (Å²) in [5, 5.41) is 7.69. The molecule has 25 heavy (non-hydrogen) atoms. The molecule has 0 amide bonds. The Bertz CT molecular complexity index is 844. The summed E-state index contributed by atoms with van der Waals surface area (Å²) in [5.41, 5.74) is 7.38. The van der Waals surface area contributed by atoms with Crippen LogP contribution in [0.4, 0.5) is 16.0 Å². The Morgan fingerprint density at radius 3 is 2.60 bits per heavy atom. The Morgan fingerprint density at radius 2 is 1.88 bits per heavy atom. The van der Waals surface area contributed by atoms with E-state index in [4.69, 9.17) is 16.3 Å². The van der Waals surface area contributed by atoms with Crippen molar-refractivity contribution < 1.29 is 9.13 Å². The van der Waals surface area contributed by atoms with Crippen LogP contribution < -0.4 is 15.6 Å². The van der Waals surface area contributed by atoms with E-state index in [1.54, 1.807) is 12.1 Å². The lowest BCUT2D eigenvalue weighted by Crippen LogP contribution is -2.14. The highest BCUT2D eigenvalue weighted by atomic mass is 35.5. The number of hydrogen-bond donors (Lipinski definition) is 2. The number of nitrogens with zero attached hydrogens (tertiary/aromatic N) is 4. The van der Waals surface area contributed by atoms with Crippen LogP contribution in [0.5, 0.6) is 6.01 Å². The Labute approximate surface area is 148 Å². The molecule has 0 spiro atoms. The third-order valence-electron chi connectivity index (χ3n) is 3.15. The van der Waals surface area contributed by atoms with Crippen LogP contribution >= 0.6 is 11.6 Å². The normalized spacial score (nSPS) is 10.4. The minimum atomic E-state index is -0.642. The molecule has 0 aliphatic heterocycles. The van der Waals surface area contributed by atoms with E-state index in [-0.39, 0.29) is 23.6 Å². The summed E-state index contributed by atoms with van der Waals surface area (Å²) in [6.07, 6.45) is 1.02. The molecular weight excluding hydrogens is 347 g/mol. The molecule has 0 bridgehead atoms. The van der Waals surface area contributed by atoms with Crippen LogP contribution in [0.25, 0.3) is 0 Å². The van der Waals surface area contributed by atoms with Crippen LogP contribution in [0.2, 0.25) is 5.15 Å². The maximum atomic E-state index is 13.8. The molecule has 0 aliphatic carbocycles. The molecule has 2 N–H and O–H groups in total. The van der Waals surface area contributed by atoms with Crippen molar-refractivity contribution in [3.05, 3.63) is 64.7 Å². The first-order valence-electron chi connectivity index (χ1n) is 7.32. The molecule has 128 valence electrons. The first-order valence-corrected chi connectivity index (χ1v) is 7.70. The van der Waals surface area contributed by atoms with Gasteiger partial charge >= 0.3 is 6.01 Å². The number of anilines is 2. The van der Waals surface area contributed by atoms with Gasteiger partial charge in [-0.15, -0.1) is 10.2 Å². The SMILES string of the molecule is Cc1ccc(COc2ncc(F)c(NNc3ccc(Cl)nn3)n2)cc1. The Kier molecular flexibility index (Phi) is 5.20. The monoisotopic (exact) mass is 360 g/mol. The lowest BCUT2D eigenvalue weighted by atomic mass is 10.2. The van der Waals surface area contributed by atoms with Crippen LogP contribution in [-0.4, -0.2) is 20.2 Å². The van der Waals surface area contributed by atoms with Gasteiger partial charge in [-0.2, -0.15) is 4.98 Å². The van der Waals surface area contributed by atoms with Crippen molar-refractivity contribution in [3.63, 3.8) is 0 Å². The van der Waals surface area contributed by atoms with Gasteiger partial charge in [0.2, 0.25) is 0 Å². The largest absolute Gasteiger partial charge is 0.459 e. The predicted molar refractivity (Wildman–Crippen MR) is 91.8 cm³/mol. The molecule has 2 aromatic heterocycles. The number of aromatic nitrogens is 4. The molecular formula is C16H14ClFN6O. The lowest BCUT2D eigenvalue weighted by molar-refractivity contribution is 0.280. The van der Waals surface area contributed by atoms with E-state index in [9.17, 15) is 4.39 Å². The zero-order valence-corrected chi connectivity index (χ0v) is 14.0. The first-order chi connectivity index (χ1) is 12.1. The van der Waals surface area contributed by atoms with Crippen LogP contribution in [0.15, 0.2) is 42.6 Å². The van der Waals surface area contributed by atoms with E-state index >= 15 is 0 Å². The van der Waals surface area contributed by atoms with Gasteiger partial charge in [-0.3, -0.25) is 10.9 Å². The van der Waals surface area contributed by atoms with E-state index in [1.807, 2.05) is 31.2 Å². The van der Waals surface area contributed by atoms with E-state index in [0.29, 0.717) is 5.82 Å². The van der Waals surface area contributed by atoms with Gasteiger partial charge in [-0.05, 0) is 24.6 Å². The number of ether oxygens (including phenoxy) is 1. The minimum absolute atomic E-state index is 0.0495. The van der Waals surface area contributed by atoms with Gasteiger partial charge in [-0.1, -0.05) is 41.4 Å². The smallest absolute Gasteiger partial charge is 0.318 e. The highest BCUT2D eigenvalue weighted by molar-refractivity contribution is 6.29. The fraction of sp³-hybridized carbons (Fsp3) is 0.125. The number of rotatable bonds is 6. The summed E-state index contributed by atoms with van der Waals surface area (Å²) in [6.45, 7) is 2.28. The Morgan fingerprint density at radius 1 is 1.08 bits per heavy atom. The van der Waals surface area contributed by atoms with Gasteiger partial charge in [0.15, 0.2) is 22.6 Å². The first kappa shape index (κ1) is 16.8. The minimum Gasteiger partial charge on any atom is -0.459 e. The summed E-state index contributed by atoms with van der Waals surface area (Å²) in [7, 11) is 0. The maximum absolute atomic E-state index is 13.8. The summed E-state index contributed by atoms with van der Waals surface area (Å²) < 4.78 is 19.3. The van der Waals surface area contributed by atoms with Crippen molar-refractivity contribution in [2.45, 2.75) is 13.5 Å². The van der Waals surface area contributed by atoms with E-state index in [2.05, 4.69) is 31.0 Å². The van der Waals surface area contributed by atoms with Gasteiger partial charge in [0.1, 0.15) is 6.61 Å². The van der Waals surface area contributed by atoms with E-state index in [0.717, 1.165) is 17.3 Å².